The van der Waals surface area contributed by atoms with Crippen LogP contribution in [0.15, 0.2) is 0 Å². The second-order valence-electron chi connectivity index (χ2n) is 4.00. The number of methoxy groups -OCH3 is 1. The molecule has 0 bridgehead atoms. The lowest BCUT2D eigenvalue weighted by atomic mass is 9.66. The highest BCUT2D eigenvalue weighted by Gasteiger charge is 2.39. The highest BCUT2D eigenvalue weighted by Crippen LogP contribution is 2.44. The fourth-order valence-electron chi connectivity index (χ4n) is 1.96. The molecule has 0 aromatic rings. The number of rotatable bonds is 5. The van der Waals surface area contributed by atoms with E-state index in [-0.39, 0.29) is 5.41 Å². The molecule has 0 spiro atoms. The smallest absolute Gasteiger partial charge is 0.234 e. The molecule has 0 aliphatic heterocycles. The number of nitrogens with two attached hydrogens (primary N) is 2. The maximum absolute atomic E-state index is 10.8. The minimum absolute atomic E-state index is 0.128. The van der Waals surface area contributed by atoms with Gasteiger partial charge >= 0.3 is 0 Å². The van der Waals surface area contributed by atoms with Crippen LogP contribution in [0.2, 0.25) is 0 Å². The maximum Gasteiger partial charge on any atom is 0.234 e. The van der Waals surface area contributed by atoms with Gasteiger partial charge in [-0.25, -0.2) is 0 Å². The van der Waals surface area contributed by atoms with Crippen molar-refractivity contribution in [2.24, 2.45) is 16.9 Å². The van der Waals surface area contributed by atoms with Crippen molar-refractivity contribution in [1.82, 2.24) is 0 Å². The SMILES string of the molecule is COCC1(CC(N)C(N)=O)CCC1. The Morgan fingerprint density at radius 2 is 2.23 bits per heavy atom. The second kappa shape index (κ2) is 4.07. The van der Waals surface area contributed by atoms with Gasteiger partial charge in [0.2, 0.25) is 5.91 Å². The molecule has 1 fully saturated rings. The third kappa shape index (κ3) is 2.42. The van der Waals surface area contributed by atoms with Crippen LogP contribution in [0.5, 0.6) is 0 Å². The molecule has 1 rings (SSSR count). The summed E-state index contributed by atoms with van der Waals surface area (Å²) in [5, 5.41) is 0. The summed E-state index contributed by atoms with van der Waals surface area (Å²) in [6.45, 7) is 0.688. The number of hydrogen-bond acceptors (Lipinski definition) is 3. The Morgan fingerprint density at radius 3 is 2.54 bits per heavy atom. The summed E-state index contributed by atoms with van der Waals surface area (Å²) in [7, 11) is 1.68. The number of hydrogen-bond donors (Lipinski definition) is 2. The Bertz CT molecular complexity index is 190. The number of carbonyl (C=O) groups excluding carboxylic acids is 1. The molecule has 0 radical (unpaired) electrons. The van der Waals surface area contributed by atoms with E-state index >= 15 is 0 Å². The average Bonchev–Trinajstić information content (AvgIpc) is 2.00. The highest BCUT2D eigenvalue weighted by molar-refractivity contribution is 5.79. The van der Waals surface area contributed by atoms with Gasteiger partial charge in [-0.15, -0.1) is 0 Å². The predicted octanol–water partition coefficient (Wildman–Crippen LogP) is 0.00580. The molecule has 13 heavy (non-hydrogen) atoms. The third-order valence-corrected chi connectivity index (χ3v) is 2.88. The Labute approximate surface area is 78.6 Å². The average molecular weight is 186 g/mol. The van der Waals surface area contributed by atoms with Crippen molar-refractivity contribution in [1.29, 1.82) is 0 Å². The van der Waals surface area contributed by atoms with Crippen LogP contribution in [-0.4, -0.2) is 25.7 Å². The van der Waals surface area contributed by atoms with Crippen LogP contribution in [0.25, 0.3) is 0 Å². The van der Waals surface area contributed by atoms with E-state index in [4.69, 9.17) is 16.2 Å². The largest absolute Gasteiger partial charge is 0.384 e. The third-order valence-electron chi connectivity index (χ3n) is 2.88. The number of primary amides is 1. The fraction of sp³-hybridized carbons (Fsp3) is 0.889. The van der Waals surface area contributed by atoms with Crippen LogP contribution in [-0.2, 0) is 9.53 Å². The van der Waals surface area contributed by atoms with Crippen molar-refractivity contribution >= 4 is 5.91 Å². The normalized spacial score (nSPS) is 22.0. The quantitative estimate of drug-likeness (QED) is 0.634. The van der Waals surface area contributed by atoms with Gasteiger partial charge in [-0.2, -0.15) is 0 Å². The van der Waals surface area contributed by atoms with Crippen LogP contribution in [0, 0.1) is 5.41 Å². The van der Waals surface area contributed by atoms with Crippen molar-refractivity contribution in [3.05, 3.63) is 0 Å². The molecular formula is C9H18N2O2. The molecule has 4 nitrogen and oxygen atoms in total. The van der Waals surface area contributed by atoms with E-state index in [2.05, 4.69) is 0 Å². The lowest BCUT2D eigenvalue weighted by molar-refractivity contribution is -0.121. The summed E-state index contributed by atoms with van der Waals surface area (Å²) in [6, 6.07) is -0.518. The molecular weight excluding hydrogens is 168 g/mol. The van der Waals surface area contributed by atoms with E-state index in [0.717, 1.165) is 12.8 Å². The standard InChI is InChI=1S/C9H18N2O2/c1-13-6-9(3-2-4-9)5-7(10)8(11)12/h7H,2-6,10H2,1H3,(H2,11,12). The molecule has 1 amide bonds. The van der Waals surface area contributed by atoms with Crippen LogP contribution in [0.1, 0.15) is 25.7 Å². The molecule has 1 aliphatic rings. The minimum atomic E-state index is -0.518. The summed E-state index contributed by atoms with van der Waals surface area (Å²) in [6.07, 6.45) is 4.06. The number of amides is 1. The zero-order valence-corrected chi connectivity index (χ0v) is 8.08. The van der Waals surface area contributed by atoms with Gasteiger partial charge in [-0.1, -0.05) is 6.42 Å². The number of carbonyl (C=O) groups is 1. The Morgan fingerprint density at radius 1 is 1.62 bits per heavy atom. The fourth-order valence-corrected chi connectivity index (χ4v) is 1.96. The second-order valence-corrected chi connectivity index (χ2v) is 4.00. The van der Waals surface area contributed by atoms with Gasteiger partial charge in [0.25, 0.3) is 0 Å². The first-order valence-corrected chi connectivity index (χ1v) is 4.63. The zero-order valence-electron chi connectivity index (χ0n) is 8.08. The lowest BCUT2D eigenvalue weighted by Gasteiger charge is -2.42. The molecule has 0 saturated heterocycles. The first-order chi connectivity index (χ1) is 6.09. The zero-order chi connectivity index (χ0) is 9.90. The van der Waals surface area contributed by atoms with Gasteiger partial charge < -0.3 is 16.2 Å². The first kappa shape index (κ1) is 10.5. The van der Waals surface area contributed by atoms with Gasteiger partial charge in [0.1, 0.15) is 0 Å². The Balaban J connectivity index is 2.43. The van der Waals surface area contributed by atoms with Gasteiger partial charge in [0.15, 0.2) is 0 Å². The van der Waals surface area contributed by atoms with E-state index in [1.54, 1.807) is 7.11 Å². The van der Waals surface area contributed by atoms with Crippen LogP contribution in [0.3, 0.4) is 0 Å². The lowest BCUT2D eigenvalue weighted by Crippen LogP contribution is -2.45. The van der Waals surface area contributed by atoms with Crippen molar-refractivity contribution in [2.75, 3.05) is 13.7 Å². The summed E-state index contributed by atoms with van der Waals surface area (Å²) in [5.41, 5.74) is 10.9. The van der Waals surface area contributed by atoms with E-state index < -0.39 is 11.9 Å². The van der Waals surface area contributed by atoms with E-state index in [1.165, 1.54) is 6.42 Å². The van der Waals surface area contributed by atoms with Gasteiger partial charge in [-0.05, 0) is 24.7 Å². The highest BCUT2D eigenvalue weighted by atomic mass is 16.5. The minimum Gasteiger partial charge on any atom is -0.384 e. The van der Waals surface area contributed by atoms with Crippen molar-refractivity contribution < 1.29 is 9.53 Å². The summed E-state index contributed by atoms with van der Waals surface area (Å²) in [4.78, 5) is 10.8. The topological polar surface area (TPSA) is 78.3 Å². The summed E-state index contributed by atoms with van der Waals surface area (Å²) >= 11 is 0. The van der Waals surface area contributed by atoms with E-state index in [1.807, 2.05) is 0 Å². The van der Waals surface area contributed by atoms with Gasteiger partial charge in [0.05, 0.1) is 12.6 Å². The molecule has 76 valence electrons. The molecule has 1 aliphatic carbocycles. The van der Waals surface area contributed by atoms with Crippen LogP contribution < -0.4 is 11.5 Å². The van der Waals surface area contributed by atoms with Crippen LogP contribution >= 0.6 is 0 Å². The van der Waals surface area contributed by atoms with Gasteiger partial charge in [-0.3, -0.25) is 4.79 Å². The van der Waals surface area contributed by atoms with Crippen molar-refractivity contribution in [2.45, 2.75) is 31.7 Å². The predicted molar refractivity (Wildman–Crippen MR) is 49.9 cm³/mol. The van der Waals surface area contributed by atoms with Crippen molar-refractivity contribution in [3.63, 3.8) is 0 Å². The van der Waals surface area contributed by atoms with Crippen LogP contribution in [0.4, 0.5) is 0 Å². The molecule has 4 N–H and O–H groups in total. The van der Waals surface area contributed by atoms with Gasteiger partial charge in [0, 0.05) is 7.11 Å². The monoisotopic (exact) mass is 186 g/mol. The molecule has 1 unspecified atom stereocenters. The summed E-state index contributed by atoms with van der Waals surface area (Å²) in [5.74, 6) is -0.414. The van der Waals surface area contributed by atoms with E-state index in [9.17, 15) is 4.79 Å². The summed E-state index contributed by atoms with van der Waals surface area (Å²) < 4.78 is 5.12. The van der Waals surface area contributed by atoms with Crippen molar-refractivity contribution in [3.8, 4) is 0 Å². The van der Waals surface area contributed by atoms with E-state index in [0.29, 0.717) is 13.0 Å². The number of ether oxygens (including phenoxy) is 1. The molecule has 0 aromatic heterocycles. The maximum atomic E-state index is 10.8. The molecule has 1 atom stereocenters. The Kier molecular flexibility index (Phi) is 3.27. The molecule has 4 heteroatoms. The molecule has 1 saturated carbocycles. The molecule has 0 aromatic carbocycles. The first-order valence-electron chi connectivity index (χ1n) is 4.63. The molecule has 0 heterocycles. The Hall–Kier alpha value is -0.610.